The Labute approximate surface area is 70.3 Å². The molecular weight excluding hydrogens is 156 g/mol. The van der Waals surface area contributed by atoms with Crippen LogP contribution in [0.5, 0.6) is 0 Å². The first-order valence-corrected chi connectivity index (χ1v) is 3.54. The summed E-state index contributed by atoms with van der Waals surface area (Å²) >= 11 is 0. The third-order valence-corrected chi connectivity index (χ3v) is 1.58. The molecule has 0 bridgehead atoms. The highest BCUT2D eigenvalue weighted by Gasteiger charge is 2.05. The molecule has 0 saturated carbocycles. The Morgan fingerprint density at radius 3 is 3.08 bits per heavy atom. The Hall–Kier alpha value is -1.42. The number of aryl methyl sites for hydroxylation is 1. The lowest BCUT2D eigenvalue weighted by molar-refractivity contribution is -0.143. The Bertz CT molecular complexity index is 286. The van der Waals surface area contributed by atoms with E-state index in [4.69, 9.17) is 5.90 Å². The van der Waals surface area contributed by atoms with Crippen molar-refractivity contribution in [2.45, 2.75) is 13.3 Å². The molecule has 1 rings (SSSR count). The molecule has 0 fully saturated rings. The van der Waals surface area contributed by atoms with Gasteiger partial charge in [0.1, 0.15) is 0 Å². The van der Waals surface area contributed by atoms with Gasteiger partial charge >= 0.3 is 5.97 Å². The van der Waals surface area contributed by atoms with Gasteiger partial charge in [0.05, 0.1) is 6.42 Å². The number of nitrogens with zero attached hydrogens (tertiary/aromatic N) is 1. The molecule has 2 N–H and O–H groups in total. The highest BCUT2D eigenvalue weighted by molar-refractivity contribution is 5.72. The number of pyridine rings is 1. The zero-order valence-corrected chi connectivity index (χ0v) is 6.78. The van der Waals surface area contributed by atoms with Gasteiger partial charge in [-0.05, 0) is 18.6 Å². The number of hydrogen-bond acceptors (Lipinski definition) is 4. The molecule has 0 saturated heterocycles. The average Bonchev–Trinajstić information content (AvgIpc) is 2.09. The predicted octanol–water partition coefficient (Wildman–Crippen LogP) is 0.349. The van der Waals surface area contributed by atoms with Crippen LogP contribution >= 0.6 is 0 Å². The topological polar surface area (TPSA) is 65.2 Å². The van der Waals surface area contributed by atoms with Crippen LogP contribution in [-0.2, 0) is 16.1 Å². The SMILES string of the molecule is Cc1ncccc1CC(=O)ON. The summed E-state index contributed by atoms with van der Waals surface area (Å²) in [6.07, 6.45) is 1.85. The normalized spacial score (nSPS) is 9.50. The molecule has 1 aromatic heterocycles. The van der Waals surface area contributed by atoms with E-state index in [1.165, 1.54) is 0 Å². The fourth-order valence-electron chi connectivity index (χ4n) is 0.902. The quantitative estimate of drug-likeness (QED) is 0.644. The smallest absolute Gasteiger partial charge is 0.328 e. The van der Waals surface area contributed by atoms with Crippen LogP contribution in [0, 0.1) is 6.92 Å². The molecule has 0 radical (unpaired) electrons. The minimum absolute atomic E-state index is 0.177. The lowest BCUT2D eigenvalue weighted by Gasteiger charge is -2.01. The first-order chi connectivity index (χ1) is 5.74. The third kappa shape index (κ3) is 2.03. The molecule has 0 aliphatic heterocycles. The molecule has 64 valence electrons. The van der Waals surface area contributed by atoms with Crippen LogP contribution in [0.4, 0.5) is 0 Å². The van der Waals surface area contributed by atoms with Crippen LogP contribution in [0.25, 0.3) is 0 Å². The minimum atomic E-state index is -0.453. The van der Waals surface area contributed by atoms with Gasteiger partial charge in [-0.3, -0.25) is 9.78 Å². The summed E-state index contributed by atoms with van der Waals surface area (Å²) in [5.74, 6) is 4.25. The van der Waals surface area contributed by atoms with Gasteiger partial charge in [-0.15, -0.1) is 0 Å². The van der Waals surface area contributed by atoms with Gasteiger partial charge in [0.15, 0.2) is 0 Å². The lowest BCUT2D eigenvalue weighted by Crippen LogP contribution is -2.13. The highest BCUT2D eigenvalue weighted by Crippen LogP contribution is 2.04. The zero-order valence-electron chi connectivity index (χ0n) is 6.78. The summed E-state index contributed by atoms with van der Waals surface area (Å²) in [6.45, 7) is 1.83. The monoisotopic (exact) mass is 166 g/mol. The Balaban J connectivity index is 2.75. The van der Waals surface area contributed by atoms with Gasteiger partial charge in [-0.25, -0.2) is 0 Å². The van der Waals surface area contributed by atoms with E-state index in [1.54, 1.807) is 12.3 Å². The maximum absolute atomic E-state index is 10.8. The molecule has 0 unspecified atom stereocenters. The number of carbonyl (C=O) groups is 1. The molecule has 1 heterocycles. The van der Waals surface area contributed by atoms with Crippen molar-refractivity contribution in [2.24, 2.45) is 5.90 Å². The molecule has 0 aliphatic carbocycles. The van der Waals surface area contributed by atoms with Crippen LogP contribution in [0.2, 0.25) is 0 Å². The largest absolute Gasteiger partial charge is 0.373 e. The zero-order chi connectivity index (χ0) is 8.97. The van der Waals surface area contributed by atoms with Crippen molar-refractivity contribution >= 4 is 5.97 Å². The number of aromatic nitrogens is 1. The molecule has 0 spiro atoms. The second-order valence-electron chi connectivity index (χ2n) is 2.41. The fourth-order valence-corrected chi connectivity index (χ4v) is 0.902. The maximum Gasteiger partial charge on any atom is 0.328 e. The number of carbonyl (C=O) groups excluding carboxylic acids is 1. The van der Waals surface area contributed by atoms with E-state index >= 15 is 0 Å². The van der Waals surface area contributed by atoms with Crippen LogP contribution in [0.3, 0.4) is 0 Å². The lowest BCUT2D eigenvalue weighted by atomic mass is 10.1. The summed E-state index contributed by atoms with van der Waals surface area (Å²) in [7, 11) is 0. The van der Waals surface area contributed by atoms with Gasteiger partial charge in [0.25, 0.3) is 0 Å². The van der Waals surface area contributed by atoms with Gasteiger partial charge in [0.2, 0.25) is 0 Å². The van der Waals surface area contributed by atoms with E-state index in [1.807, 2.05) is 13.0 Å². The molecule has 0 aliphatic rings. The van der Waals surface area contributed by atoms with Crippen LogP contribution < -0.4 is 5.90 Å². The predicted molar refractivity (Wildman–Crippen MR) is 43.0 cm³/mol. The fraction of sp³-hybridized carbons (Fsp3) is 0.250. The summed E-state index contributed by atoms with van der Waals surface area (Å²) in [5.41, 5.74) is 1.66. The first-order valence-electron chi connectivity index (χ1n) is 3.54. The van der Waals surface area contributed by atoms with Crippen molar-refractivity contribution in [1.29, 1.82) is 0 Å². The molecule has 0 aromatic carbocycles. The second kappa shape index (κ2) is 3.82. The van der Waals surface area contributed by atoms with Crippen molar-refractivity contribution in [3.05, 3.63) is 29.6 Å². The molecular formula is C8H10N2O2. The van der Waals surface area contributed by atoms with Crippen molar-refractivity contribution in [1.82, 2.24) is 4.98 Å². The van der Waals surface area contributed by atoms with E-state index in [0.717, 1.165) is 11.3 Å². The molecule has 4 heteroatoms. The molecule has 0 amide bonds. The maximum atomic E-state index is 10.8. The molecule has 4 nitrogen and oxygen atoms in total. The van der Waals surface area contributed by atoms with E-state index in [-0.39, 0.29) is 6.42 Å². The van der Waals surface area contributed by atoms with E-state index in [2.05, 4.69) is 9.82 Å². The number of hydrogen-bond donors (Lipinski definition) is 1. The minimum Gasteiger partial charge on any atom is -0.373 e. The van der Waals surface area contributed by atoms with Gasteiger partial charge in [-0.2, -0.15) is 5.90 Å². The first kappa shape index (κ1) is 8.67. The van der Waals surface area contributed by atoms with Crippen molar-refractivity contribution in [2.75, 3.05) is 0 Å². The van der Waals surface area contributed by atoms with Crippen LogP contribution in [0.1, 0.15) is 11.3 Å². The summed E-state index contributed by atoms with van der Waals surface area (Å²) in [5, 5.41) is 0. The van der Waals surface area contributed by atoms with E-state index < -0.39 is 5.97 Å². The Kier molecular flexibility index (Phi) is 2.76. The van der Waals surface area contributed by atoms with Gasteiger partial charge in [0, 0.05) is 11.9 Å². The summed E-state index contributed by atoms with van der Waals surface area (Å²) in [6, 6.07) is 3.59. The van der Waals surface area contributed by atoms with Gasteiger partial charge < -0.3 is 4.84 Å². The number of nitrogens with two attached hydrogens (primary N) is 1. The Morgan fingerprint density at radius 1 is 1.75 bits per heavy atom. The molecule has 0 atom stereocenters. The molecule has 12 heavy (non-hydrogen) atoms. The van der Waals surface area contributed by atoms with Crippen LogP contribution in [-0.4, -0.2) is 11.0 Å². The van der Waals surface area contributed by atoms with E-state index in [9.17, 15) is 4.79 Å². The average molecular weight is 166 g/mol. The summed E-state index contributed by atoms with van der Waals surface area (Å²) in [4.78, 5) is 18.8. The van der Waals surface area contributed by atoms with Crippen molar-refractivity contribution in [3.8, 4) is 0 Å². The third-order valence-electron chi connectivity index (χ3n) is 1.58. The van der Waals surface area contributed by atoms with Crippen molar-refractivity contribution < 1.29 is 9.63 Å². The second-order valence-corrected chi connectivity index (χ2v) is 2.41. The number of rotatable bonds is 2. The van der Waals surface area contributed by atoms with Gasteiger partial charge in [-0.1, -0.05) is 6.07 Å². The molecule has 1 aromatic rings. The van der Waals surface area contributed by atoms with Crippen molar-refractivity contribution in [3.63, 3.8) is 0 Å². The van der Waals surface area contributed by atoms with E-state index in [0.29, 0.717) is 0 Å². The summed E-state index contributed by atoms with van der Waals surface area (Å²) < 4.78 is 0. The van der Waals surface area contributed by atoms with Crippen LogP contribution in [0.15, 0.2) is 18.3 Å². The standard InChI is InChI=1S/C8H10N2O2/c1-6-7(3-2-4-10-6)5-8(11)12-9/h2-4H,5,9H2,1H3. The Morgan fingerprint density at radius 2 is 2.50 bits per heavy atom. The highest BCUT2D eigenvalue weighted by atomic mass is 16.7.